The maximum atomic E-state index is 11.6. The van der Waals surface area contributed by atoms with Crippen molar-refractivity contribution in [2.24, 2.45) is 5.73 Å². The molecule has 0 saturated heterocycles. The molecular formula is C13H15ClN2O4. The van der Waals surface area contributed by atoms with Crippen LogP contribution < -0.4 is 11.1 Å². The molecule has 7 heteroatoms. The van der Waals surface area contributed by atoms with E-state index >= 15 is 0 Å². The lowest BCUT2D eigenvalue weighted by atomic mass is 10.1. The highest BCUT2D eigenvalue weighted by Gasteiger charge is 2.09. The van der Waals surface area contributed by atoms with Crippen LogP contribution in [0.4, 0.5) is 5.69 Å². The first-order valence-corrected chi connectivity index (χ1v) is 6.39. The second-order valence-corrected chi connectivity index (χ2v) is 4.62. The molecule has 6 nitrogen and oxygen atoms in total. The van der Waals surface area contributed by atoms with Crippen molar-refractivity contribution in [3.05, 3.63) is 28.8 Å². The SMILES string of the molecule is NC(=O)c1cc(NC(=O)CCCCC(=O)O)ccc1Cl. The molecule has 0 heterocycles. The highest BCUT2D eigenvalue weighted by Crippen LogP contribution is 2.20. The zero-order valence-electron chi connectivity index (χ0n) is 10.7. The van der Waals surface area contributed by atoms with Crippen molar-refractivity contribution in [3.8, 4) is 0 Å². The molecule has 0 saturated carbocycles. The Bertz CT molecular complexity index is 531. The topological polar surface area (TPSA) is 109 Å². The summed E-state index contributed by atoms with van der Waals surface area (Å²) in [4.78, 5) is 33.0. The van der Waals surface area contributed by atoms with E-state index in [0.29, 0.717) is 18.5 Å². The van der Waals surface area contributed by atoms with Crippen molar-refractivity contribution in [2.75, 3.05) is 5.32 Å². The highest BCUT2D eigenvalue weighted by molar-refractivity contribution is 6.33. The molecule has 4 N–H and O–H groups in total. The second-order valence-electron chi connectivity index (χ2n) is 4.21. The summed E-state index contributed by atoms with van der Waals surface area (Å²) in [6.45, 7) is 0. The Hall–Kier alpha value is -2.08. The number of carbonyl (C=O) groups is 3. The van der Waals surface area contributed by atoms with Gasteiger partial charge in [0, 0.05) is 18.5 Å². The summed E-state index contributed by atoms with van der Waals surface area (Å²) >= 11 is 5.79. The molecule has 0 aliphatic rings. The third-order valence-corrected chi connectivity index (χ3v) is 2.89. The standard InChI is InChI=1S/C13H15ClN2O4/c14-10-6-5-8(7-9(10)13(15)20)16-11(17)3-1-2-4-12(18)19/h5-7H,1-4H2,(H2,15,20)(H,16,17)(H,18,19). The molecule has 1 aromatic rings. The Morgan fingerprint density at radius 2 is 1.85 bits per heavy atom. The smallest absolute Gasteiger partial charge is 0.303 e. The van der Waals surface area contributed by atoms with Crippen LogP contribution in [0.5, 0.6) is 0 Å². The maximum Gasteiger partial charge on any atom is 0.303 e. The zero-order chi connectivity index (χ0) is 15.1. The van der Waals surface area contributed by atoms with E-state index in [-0.39, 0.29) is 29.3 Å². The van der Waals surface area contributed by atoms with E-state index in [1.165, 1.54) is 12.1 Å². The lowest BCUT2D eigenvalue weighted by molar-refractivity contribution is -0.137. The predicted molar refractivity (Wildman–Crippen MR) is 74.7 cm³/mol. The van der Waals surface area contributed by atoms with Gasteiger partial charge in [-0.15, -0.1) is 0 Å². The number of unbranched alkanes of at least 4 members (excludes halogenated alkanes) is 1. The van der Waals surface area contributed by atoms with Crippen molar-refractivity contribution in [1.82, 2.24) is 0 Å². The number of benzene rings is 1. The zero-order valence-corrected chi connectivity index (χ0v) is 11.4. The molecule has 20 heavy (non-hydrogen) atoms. The Labute approximate surface area is 120 Å². The van der Waals surface area contributed by atoms with Gasteiger partial charge in [0.25, 0.3) is 0 Å². The summed E-state index contributed by atoms with van der Waals surface area (Å²) in [6.07, 6.45) is 1.17. The number of halogens is 1. The van der Waals surface area contributed by atoms with Crippen molar-refractivity contribution < 1.29 is 19.5 Å². The Balaban J connectivity index is 2.52. The van der Waals surface area contributed by atoms with Crippen LogP contribution >= 0.6 is 11.6 Å². The molecule has 0 atom stereocenters. The number of amides is 2. The fourth-order valence-corrected chi connectivity index (χ4v) is 1.79. The summed E-state index contributed by atoms with van der Waals surface area (Å²) in [5.74, 6) is -1.81. The van der Waals surface area contributed by atoms with Crippen LogP contribution in [-0.2, 0) is 9.59 Å². The lowest BCUT2D eigenvalue weighted by Crippen LogP contribution is -2.14. The first-order valence-electron chi connectivity index (χ1n) is 6.01. The van der Waals surface area contributed by atoms with E-state index in [2.05, 4.69) is 5.32 Å². The normalized spacial score (nSPS) is 10.1. The van der Waals surface area contributed by atoms with Gasteiger partial charge in [0.1, 0.15) is 0 Å². The van der Waals surface area contributed by atoms with E-state index < -0.39 is 11.9 Å². The summed E-state index contributed by atoms with van der Waals surface area (Å²) in [5, 5.41) is 11.3. The van der Waals surface area contributed by atoms with Crippen LogP contribution in [0.3, 0.4) is 0 Å². The third-order valence-electron chi connectivity index (χ3n) is 2.56. The quantitative estimate of drug-likeness (QED) is 0.669. The first-order chi connectivity index (χ1) is 9.40. The van der Waals surface area contributed by atoms with Gasteiger partial charge < -0.3 is 16.2 Å². The monoisotopic (exact) mass is 298 g/mol. The summed E-state index contributed by atoms with van der Waals surface area (Å²) in [7, 11) is 0. The highest BCUT2D eigenvalue weighted by atomic mass is 35.5. The fraction of sp³-hybridized carbons (Fsp3) is 0.308. The van der Waals surface area contributed by atoms with Crippen LogP contribution in [0.1, 0.15) is 36.0 Å². The maximum absolute atomic E-state index is 11.6. The number of carboxylic acids is 1. The average molecular weight is 299 g/mol. The molecule has 1 aromatic carbocycles. The molecule has 0 radical (unpaired) electrons. The summed E-state index contributed by atoms with van der Waals surface area (Å²) < 4.78 is 0. The van der Waals surface area contributed by atoms with Gasteiger partial charge in [-0.3, -0.25) is 14.4 Å². The molecule has 0 unspecified atom stereocenters. The average Bonchev–Trinajstić information content (AvgIpc) is 2.36. The Kier molecular flexibility index (Phi) is 5.99. The second kappa shape index (κ2) is 7.49. The van der Waals surface area contributed by atoms with E-state index in [9.17, 15) is 14.4 Å². The molecule has 0 aliphatic heterocycles. The fourth-order valence-electron chi connectivity index (χ4n) is 1.58. The molecule has 2 amide bonds. The number of nitrogens with two attached hydrogens (primary N) is 1. The number of rotatable bonds is 7. The van der Waals surface area contributed by atoms with Crippen molar-refractivity contribution in [3.63, 3.8) is 0 Å². The number of carbonyl (C=O) groups excluding carboxylic acids is 2. The van der Waals surface area contributed by atoms with Gasteiger partial charge in [0.2, 0.25) is 11.8 Å². The largest absolute Gasteiger partial charge is 0.481 e. The van der Waals surface area contributed by atoms with E-state index in [0.717, 1.165) is 0 Å². The minimum Gasteiger partial charge on any atom is -0.481 e. The molecular weight excluding hydrogens is 284 g/mol. The van der Waals surface area contributed by atoms with Gasteiger partial charge in [-0.25, -0.2) is 0 Å². The number of hydrogen-bond donors (Lipinski definition) is 3. The minimum absolute atomic E-state index is 0.0417. The van der Waals surface area contributed by atoms with E-state index in [4.69, 9.17) is 22.4 Å². The van der Waals surface area contributed by atoms with Gasteiger partial charge >= 0.3 is 5.97 Å². The van der Waals surface area contributed by atoms with E-state index in [1.807, 2.05) is 0 Å². The molecule has 108 valence electrons. The number of nitrogens with one attached hydrogen (secondary N) is 1. The van der Waals surface area contributed by atoms with Gasteiger partial charge in [-0.2, -0.15) is 0 Å². The van der Waals surface area contributed by atoms with Crippen LogP contribution in [-0.4, -0.2) is 22.9 Å². The Morgan fingerprint density at radius 1 is 1.20 bits per heavy atom. The molecule has 0 spiro atoms. The van der Waals surface area contributed by atoms with Crippen molar-refractivity contribution >= 4 is 35.1 Å². The van der Waals surface area contributed by atoms with Gasteiger partial charge in [0.05, 0.1) is 10.6 Å². The lowest BCUT2D eigenvalue weighted by Gasteiger charge is -2.07. The predicted octanol–water partition coefficient (Wildman–Crippen LogP) is 2.02. The summed E-state index contributed by atoms with van der Waals surface area (Å²) in [5.41, 5.74) is 5.71. The molecule has 0 aromatic heterocycles. The number of aliphatic carboxylic acids is 1. The van der Waals surface area contributed by atoms with Crippen LogP contribution in [0, 0.1) is 0 Å². The van der Waals surface area contributed by atoms with Gasteiger partial charge in [-0.05, 0) is 31.0 Å². The van der Waals surface area contributed by atoms with Crippen molar-refractivity contribution in [1.29, 1.82) is 0 Å². The number of hydrogen-bond acceptors (Lipinski definition) is 3. The van der Waals surface area contributed by atoms with Crippen LogP contribution in [0.15, 0.2) is 18.2 Å². The number of primary amides is 1. The summed E-state index contributed by atoms with van der Waals surface area (Å²) in [6, 6.07) is 4.44. The number of anilines is 1. The number of carboxylic acid groups (broad SMARTS) is 1. The van der Waals surface area contributed by atoms with E-state index in [1.54, 1.807) is 6.07 Å². The Morgan fingerprint density at radius 3 is 2.45 bits per heavy atom. The van der Waals surface area contributed by atoms with Gasteiger partial charge in [-0.1, -0.05) is 11.6 Å². The molecule has 0 bridgehead atoms. The molecule has 1 rings (SSSR count). The first kappa shape index (κ1) is 16.0. The van der Waals surface area contributed by atoms with Crippen molar-refractivity contribution in [2.45, 2.75) is 25.7 Å². The minimum atomic E-state index is -0.880. The molecule has 0 aliphatic carbocycles. The van der Waals surface area contributed by atoms with Crippen LogP contribution in [0.2, 0.25) is 5.02 Å². The third kappa shape index (κ3) is 5.27. The molecule has 0 fully saturated rings. The van der Waals surface area contributed by atoms with Crippen LogP contribution in [0.25, 0.3) is 0 Å². The van der Waals surface area contributed by atoms with Gasteiger partial charge in [0.15, 0.2) is 0 Å².